The second kappa shape index (κ2) is 10.6. The number of amides is 2. The highest BCUT2D eigenvalue weighted by Gasteiger charge is 2.38. The molecule has 0 aromatic heterocycles. The molecule has 0 spiro atoms. The molecule has 0 bridgehead atoms. The van der Waals surface area contributed by atoms with Gasteiger partial charge in [0.1, 0.15) is 12.1 Å². The maximum atomic E-state index is 12.4. The lowest BCUT2D eigenvalue weighted by atomic mass is 9.81. The van der Waals surface area contributed by atoms with Crippen LogP contribution >= 0.6 is 0 Å². The summed E-state index contributed by atoms with van der Waals surface area (Å²) >= 11 is 0. The van der Waals surface area contributed by atoms with Crippen LogP contribution in [-0.2, 0) is 14.3 Å². The molecule has 1 saturated carbocycles. The highest BCUT2D eigenvalue weighted by atomic mass is 16.5. The van der Waals surface area contributed by atoms with Gasteiger partial charge >= 0.3 is 5.97 Å². The van der Waals surface area contributed by atoms with Gasteiger partial charge in [-0.1, -0.05) is 61.7 Å². The maximum absolute atomic E-state index is 12.4. The van der Waals surface area contributed by atoms with E-state index in [0.717, 1.165) is 30.4 Å². The second-order valence-electron chi connectivity index (χ2n) is 7.94. The van der Waals surface area contributed by atoms with Crippen molar-refractivity contribution < 1.29 is 19.1 Å². The zero-order valence-electron chi connectivity index (χ0n) is 18.2. The van der Waals surface area contributed by atoms with Gasteiger partial charge < -0.3 is 15.0 Å². The lowest BCUT2D eigenvalue weighted by molar-refractivity contribution is -0.152. The van der Waals surface area contributed by atoms with Gasteiger partial charge in [-0.15, -0.1) is 0 Å². The van der Waals surface area contributed by atoms with Crippen LogP contribution in [0.2, 0.25) is 0 Å². The van der Waals surface area contributed by atoms with Crippen LogP contribution in [0.25, 0.3) is 11.1 Å². The first-order chi connectivity index (χ1) is 15.4. The first-order valence-electron chi connectivity index (χ1n) is 10.7. The monoisotopic (exact) mass is 433 g/mol. The lowest BCUT2D eigenvalue weighted by Crippen LogP contribution is -2.51. The fourth-order valence-electron chi connectivity index (χ4n) is 3.89. The molecule has 166 valence electrons. The van der Waals surface area contributed by atoms with E-state index in [4.69, 9.17) is 4.74 Å². The molecule has 0 radical (unpaired) electrons. The fraction of sp³-hybridized carbons (Fsp3) is 0.360. The van der Waals surface area contributed by atoms with Gasteiger partial charge in [-0.2, -0.15) is 5.26 Å². The smallest absolute Gasteiger partial charge is 0.325 e. The van der Waals surface area contributed by atoms with Crippen LogP contribution in [-0.4, -0.2) is 48.4 Å². The number of carbonyl (C=O) groups is 3. The van der Waals surface area contributed by atoms with E-state index in [1.165, 1.54) is 4.90 Å². The average Bonchev–Trinajstić information content (AvgIpc) is 2.86. The average molecular weight is 434 g/mol. The van der Waals surface area contributed by atoms with E-state index in [1.54, 1.807) is 19.2 Å². The van der Waals surface area contributed by atoms with Crippen LogP contribution in [0.5, 0.6) is 0 Å². The van der Waals surface area contributed by atoms with E-state index in [9.17, 15) is 19.6 Å². The van der Waals surface area contributed by atoms with Gasteiger partial charge in [0, 0.05) is 12.6 Å². The van der Waals surface area contributed by atoms with Gasteiger partial charge in [-0.05, 0) is 36.1 Å². The molecule has 2 amide bonds. The number of esters is 1. The highest BCUT2D eigenvalue weighted by Crippen LogP contribution is 2.32. The number of hydrogen-bond donors (Lipinski definition) is 1. The van der Waals surface area contributed by atoms with Gasteiger partial charge in [0.05, 0.1) is 6.07 Å². The Morgan fingerprint density at radius 3 is 2.25 bits per heavy atom. The summed E-state index contributed by atoms with van der Waals surface area (Å²) in [6.45, 7) is -0.805. The first kappa shape index (κ1) is 23.0. The standard InChI is InChI=1S/C25H27N3O4/c1-28(25(18-26)14-6-3-7-15-25)22(29)17-32-23(30)16-27-24(31)21-12-10-20(11-13-21)19-8-4-2-5-9-19/h2,4-5,8-13H,3,6-7,14-17H2,1H3,(H,27,31). The summed E-state index contributed by atoms with van der Waals surface area (Å²) in [5.74, 6) is -1.55. The molecule has 7 nitrogen and oxygen atoms in total. The summed E-state index contributed by atoms with van der Waals surface area (Å²) in [6, 6.07) is 19.1. The molecule has 1 fully saturated rings. The van der Waals surface area contributed by atoms with Crippen molar-refractivity contribution in [3.05, 3.63) is 60.2 Å². The number of rotatable bonds is 7. The molecule has 0 heterocycles. The van der Waals surface area contributed by atoms with Crippen molar-refractivity contribution in [2.75, 3.05) is 20.2 Å². The van der Waals surface area contributed by atoms with Crippen molar-refractivity contribution in [1.29, 1.82) is 5.26 Å². The molecule has 1 N–H and O–H groups in total. The quantitative estimate of drug-likeness (QED) is 0.676. The molecule has 32 heavy (non-hydrogen) atoms. The number of nitrogens with zero attached hydrogens (tertiary/aromatic N) is 2. The van der Waals surface area contributed by atoms with Crippen LogP contribution in [0.4, 0.5) is 0 Å². The molecule has 2 aromatic carbocycles. The van der Waals surface area contributed by atoms with Crippen molar-refractivity contribution in [3.8, 4) is 17.2 Å². The van der Waals surface area contributed by atoms with Gasteiger partial charge in [-0.25, -0.2) is 0 Å². The fourth-order valence-corrected chi connectivity index (χ4v) is 3.89. The molecule has 0 saturated heterocycles. The topological polar surface area (TPSA) is 99.5 Å². The van der Waals surface area contributed by atoms with E-state index >= 15 is 0 Å². The molecule has 7 heteroatoms. The Morgan fingerprint density at radius 1 is 1.00 bits per heavy atom. The van der Waals surface area contributed by atoms with Gasteiger partial charge in [0.25, 0.3) is 11.8 Å². The number of likely N-dealkylation sites (N-methyl/N-ethyl adjacent to an activating group) is 1. The highest BCUT2D eigenvalue weighted by molar-refractivity contribution is 5.96. The predicted molar refractivity (Wildman–Crippen MR) is 119 cm³/mol. The summed E-state index contributed by atoms with van der Waals surface area (Å²) in [4.78, 5) is 38.1. The molecule has 2 aromatic rings. The molecular weight excluding hydrogens is 406 g/mol. The summed E-state index contributed by atoms with van der Waals surface area (Å²) in [7, 11) is 1.57. The number of hydrogen-bond acceptors (Lipinski definition) is 5. The number of nitrogens with one attached hydrogen (secondary N) is 1. The Labute approximate surface area is 188 Å². The molecule has 3 rings (SSSR count). The number of carbonyl (C=O) groups excluding carboxylic acids is 3. The second-order valence-corrected chi connectivity index (χ2v) is 7.94. The molecular formula is C25H27N3O4. The predicted octanol–water partition coefficient (Wildman–Crippen LogP) is 3.31. The van der Waals surface area contributed by atoms with Crippen molar-refractivity contribution in [3.63, 3.8) is 0 Å². The van der Waals surface area contributed by atoms with E-state index < -0.39 is 29.9 Å². The summed E-state index contributed by atoms with van der Waals surface area (Å²) in [5.41, 5.74) is 1.62. The molecule has 1 aliphatic carbocycles. The lowest BCUT2D eigenvalue weighted by Gasteiger charge is -2.38. The Kier molecular flexibility index (Phi) is 7.61. The third-order valence-electron chi connectivity index (χ3n) is 5.91. The van der Waals surface area contributed by atoms with E-state index in [2.05, 4.69) is 11.4 Å². The van der Waals surface area contributed by atoms with E-state index in [-0.39, 0.29) is 6.54 Å². The van der Waals surface area contributed by atoms with Crippen LogP contribution in [0.3, 0.4) is 0 Å². The normalized spacial score (nSPS) is 14.6. The molecule has 1 aliphatic rings. The SMILES string of the molecule is CN(C(=O)COC(=O)CNC(=O)c1ccc(-c2ccccc2)cc1)C1(C#N)CCCCC1. The minimum absolute atomic E-state index is 0.348. The number of benzene rings is 2. The maximum Gasteiger partial charge on any atom is 0.325 e. The van der Waals surface area contributed by atoms with Crippen LogP contribution < -0.4 is 5.32 Å². The summed E-state index contributed by atoms with van der Waals surface area (Å²) in [6.07, 6.45) is 4.08. The Hall–Kier alpha value is -3.66. The van der Waals surface area contributed by atoms with Crippen LogP contribution in [0, 0.1) is 11.3 Å². The first-order valence-corrected chi connectivity index (χ1v) is 10.7. The van der Waals surface area contributed by atoms with E-state index in [0.29, 0.717) is 18.4 Å². The van der Waals surface area contributed by atoms with Crippen molar-refractivity contribution in [2.45, 2.75) is 37.6 Å². The van der Waals surface area contributed by atoms with Crippen molar-refractivity contribution >= 4 is 17.8 Å². The molecule has 0 unspecified atom stereocenters. The van der Waals surface area contributed by atoms with Crippen molar-refractivity contribution in [1.82, 2.24) is 10.2 Å². The van der Waals surface area contributed by atoms with Crippen LogP contribution in [0.15, 0.2) is 54.6 Å². The van der Waals surface area contributed by atoms with Crippen LogP contribution in [0.1, 0.15) is 42.5 Å². The Balaban J connectivity index is 1.46. The summed E-state index contributed by atoms with van der Waals surface area (Å²) < 4.78 is 5.01. The Bertz CT molecular complexity index is 990. The zero-order valence-corrected chi connectivity index (χ0v) is 18.2. The van der Waals surface area contributed by atoms with Gasteiger partial charge in [-0.3, -0.25) is 14.4 Å². The largest absolute Gasteiger partial charge is 0.454 e. The third kappa shape index (κ3) is 5.52. The minimum Gasteiger partial charge on any atom is -0.454 e. The van der Waals surface area contributed by atoms with Crippen molar-refractivity contribution in [2.24, 2.45) is 0 Å². The van der Waals surface area contributed by atoms with E-state index in [1.807, 2.05) is 42.5 Å². The third-order valence-corrected chi connectivity index (χ3v) is 5.91. The zero-order chi connectivity index (χ0) is 23.0. The number of nitriles is 1. The Morgan fingerprint density at radius 2 is 1.62 bits per heavy atom. The minimum atomic E-state index is -0.831. The van der Waals surface area contributed by atoms with Gasteiger partial charge in [0.2, 0.25) is 0 Å². The molecule has 0 aliphatic heterocycles. The molecule has 0 atom stereocenters. The number of ether oxygens (including phenoxy) is 1. The van der Waals surface area contributed by atoms with Gasteiger partial charge in [0.15, 0.2) is 6.61 Å². The summed E-state index contributed by atoms with van der Waals surface area (Å²) in [5, 5.41) is 12.1.